The standard InChI is InChI=1S/C18H30N4O2/c1-15(14-19-2)17(23)22(18(24)20-11-13-21(3)4)12-10-16-8-6-5-7-9-16/h5-9,15,19H,10-14H2,1-4H3,(H,20,24). The van der Waals surface area contributed by atoms with Crippen LogP contribution in [-0.2, 0) is 11.2 Å². The van der Waals surface area contributed by atoms with E-state index in [1.807, 2.05) is 56.3 Å². The predicted octanol–water partition coefficient (Wildman–Crippen LogP) is 1.18. The molecule has 0 aliphatic heterocycles. The van der Waals surface area contributed by atoms with E-state index in [2.05, 4.69) is 10.6 Å². The van der Waals surface area contributed by atoms with Crippen molar-refractivity contribution in [2.75, 3.05) is 47.3 Å². The van der Waals surface area contributed by atoms with Crippen molar-refractivity contribution < 1.29 is 9.59 Å². The molecule has 0 aliphatic carbocycles. The van der Waals surface area contributed by atoms with Gasteiger partial charge in [0.2, 0.25) is 5.91 Å². The molecule has 1 aromatic rings. The average Bonchev–Trinajstić information content (AvgIpc) is 2.55. The second-order valence-corrected chi connectivity index (χ2v) is 6.22. The van der Waals surface area contributed by atoms with Gasteiger partial charge in [0.05, 0.1) is 0 Å². The van der Waals surface area contributed by atoms with Crippen LogP contribution < -0.4 is 10.6 Å². The molecule has 134 valence electrons. The first-order valence-corrected chi connectivity index (χ1v) is 8.38. The quantitative estimate of drug-likeness (QED) is 0.712. The summed E-state index contributed by atoms with van der Waals surface area (Å²) in [5.74, 6) is -0.395. The maximum absolute atomic E-state index is 12.6. The molecule has 0 saturated heterocycles. The zero-order valence-corrected chi connectivity index (χ0v) is 15.2. The van der Waals surface area contributed by atoms with Crippen molar-refractivity contribution in [3.05, 3.63) is 35.9 Å². The molecule has 0 saturated carbocycles. The molecule has 1 rings (SSSR count). The number of rotatable bonds is 9. The number of benzene rings is 1. The third-order valence-corrected chi connectivity index (χ3v) is 3.75. The van der Waals surface area contributed by atoms with Crippen LogP contribution in [0.5, 0.6) is 0 Å². The van der Waals surface area contributed by atoms with Gasteiger partial charge in [0.1, 0.15) is 0 Å². The Kier molecular flexibility index (Phi) is 9.04. The third kappa shape index (κ3) is 7.10. The molecule has 1 aromatic carbocycles. The van der Waals surface area contributed by atoms with Crippen LogP contribution in [0, 0.1) is 5.92 Å². The molecule has 6 nitrogen and oxygen atoms in total. The van der Waals surface area contributed by atoms with E-state index < -0.39 is 0 Å². The second kappa shape index (κ2) is 10.8. The van der Waals surface area contributed by atoms with Crippen LogP contribution in [0.3, 0.4) is 0 Å². The fraction of sp³-hybridized carbons (Fsp3) is 0.556. The Hall–Kier alpha value is -1.92. The predicted molar refractivity (Wildman–Crippen MR) is 96.9 cm³/mol. The molecular formula is C18H30N4O2. The Bertz CT molecular complexity index is 505. The number of urea groups is 1. The number of imide groups is 1. The molecular weight excluding hydrogens is 304 g/mol. The Morgan fingerprint density at radius 2 is 1.79 bits per heavy atom. The zero-order chi connectivity index (χ0) is 17.9. The monoisotopic (exact) mass is 334 g/mol. The molecule has 2 N–H and O–H groups in total. The number of likely N-dealkylation sites (N-methyl/N-ethyl adjacent to an activating group) is 1. The number of carbonyl (C=O) groups is 2. The SMILES string of the molecule is CNCC(C)C(=O)N(CCc1ccccc1)C(=O)NCCN(C)C. The highest BCUT2D eigenvalue weighted by Crippen LogP contribution is 2.06. The van der Waals surface area contributed by atoms with Crippen molar-refractivity contribution in [2.45, 2.75) is 13.3 Å². The van der Waals surface area contributed by atoms with E-state index in [9.17, 15) is 9.59 Å². The van der Waals surface area contributed by atoms with Gasteiger partial charge in [-0.1, -0.05) is 37.3 Å². The molecule has 0 heterocycles. The molecule has 0 spiro atoms. The fourth-order valence-corrected chi connectivity index (χ4v) is 2.34. The van der Waals surface area contributed by atoms with E-state index in [-0.39, 0.29) is 17.9 Å². The molecule has 3 amide bonds. The highest BCUT2D eigenvalue weighted by Gasteiger charge is 2.25. The Morgan fingerprint density at radius 1 is 1.12 bits per heavy atom. The largest absolute Gasteiger partial charge is 0.336 e. The lowest BCUT2D eigenvalue weighted by Crippen LogP contribution is -2.49. The lowest BCUT2D eigenvalue weighted by atomic mass is 10.1. The van der Waals surface area contributed by atoms with Crippen LogP contribution in [0.25, 0.3) is 0 Å². The van der Waals surface area contributed by atoms with Crippen molar-refractivity contribution in [1.82, 2.24) is 20.4 Å². The smallest absolute Gasteiger partial charge is 0.324 e. The van der Waals surface area contributed by atoms with Gasteiger partial charge < -0.3 is 15.5 Å². The van der Waals surface area contributed by atoms with Gasteiger partial charge in [0.25, 0.3) is 0 Å². The summed E-state index contributed by atoms with van der Waals surface area (Å²) >= 11 is 0. The molecule has 6 heteroatoms. The number of carbonyl (C=O) groups excluding carboxylic acids is 2. The lowest BCUT2D eigenvalue weighted by molar-refractivity contribution is -0.131. The summed E-state index contributed by atoms with van der Waals surface area (Å²) in [6.07, 6.45) is 0.653. The summed E-state index contributed by atoms with van der Waals surface area (Å²) in [4.78, 5) is 28.4. The number of amides is 3. The molecule has 0 aliphatic rings. The Balaban J connectivity index is 2.70. The highest BCUT2D eigenvalue weighted by molar-refractivity contribution is 5.95. The van der Waals surface area contributed by atoms with Crippen LogP contribution in [0.15, 0.2) is 30.3 Å². The highest BCUT2D eigenvalue weighted by atomic mass is 16.2. The van der Waals surface area contributed by atoms with Crippen molar-refractivity contribution in [3.8, 4) is 0 Å². The number of hydrogen-bond donors (Lipinski definition) is 2. The molecule has 0 bridgehead atoms. The minimum absolute atomic E-state index is 0.150. The van der Waals surface area contributed by atoms with Crippen LogP contribution in [-0.4, -0.2) is 69.1 Å². The fourth-order valence-electron chi connectivity index (χ4n) is 2.34. The van der Waals surface area contributed by atoms with E-state index in [1.165, 1.54) is 4.90 Å². The normalized spacial score (nSPS) is 12.0. The zero-order valence-electron chi connectivity index (χ0n) is 15.2. The van der Waals surface area contributed by atoms with E-state index >= 15 is 0 Å². The molecule has 0 radical (unpaired) electrons. The number of hydrogen-bond acceptors (Lipinski definition) is 4. The summed E-state index contributed by atoms with van der Waals surface area (Å²) in [6, 6.07) is 9.56. The van der Waals surface area contributed by atoms with Crippen LogP contribution in [0.2, 0.25) is 0 Å². The summed E-state index contributed by atoms with van der Waals surface area (Å²) in [5, 5.41) is 5.82. The van der Waals surface area contributed by atoms with Crippen molar-refractivity contribution in [1.29, 1.82) is 0 Å². The third-order valence-electron chi connectivity index (χ3n) is 3.75. The van der Waals surface area contributed by atoms with E-state index in [1.54, 1.807) is 7.05 Å². The second-order valence-electron chi connectivity index (χ2n) is 6.22. The first-order valence-electron chi connectivity index (χ1n) is 8.38. The first-order chi connectivity index (χ1) is 11.5. The van der Waals surface area contributed by atoms with Crippen molar-refractivity contribution in [2.24, 2.45) is 5.92 Å². The van der Waals surface area contributed by atoms with Gasteiger partial charge in [-0.15, -0.1) is 0 Å². The van der Waals surface area contributed by atoms with E-state index in [4.69, 9.17) is 0 Å². The molecule has 1 unspecified atom stereocenters. The summed E-state index contributed by atoms with van der Waals surface area (Å²) in [6.45, 7) is 4.01. The minimum Gasteiger partial charge on any atom is -0.336 e. The first kappa shape index (κ1) is 20.1. The van der Waals surface area contributed by atoms with Crippen LogP contribution >= 0.6 is 0 Å². The maximum atomic E-state index is 12.6. The van der Waals surface area contributed by atoms with Crippen LogP contribution in [0.1, 0.15) is 12.5 Å². The molecule has 0 fully saturated rings. The lowest BCUT2D eigenvalue weighted by Gasteiger charge is -2.25. The summed E-state index contributed by atoms with van der Waals surface area (Å²) in [7, 11) is 5.69. The summed E-state index contributed by atoms with van der Waals surface area (Å²) < 4.78 is 0. The molecule has 1 atom stereocenters. The van der Waals surface area contributed by atoms with E-state index in [0.717, 1.165) is 12.1 Å². The summed E-state index contributed by atoms with van der Waals surface area (Å²) in [5.41, 5.74) is 1.11. The Morgan fingerprint density at radius 3 is 2.38 bits per heavy atom. The van der Waals surface area contributed by atoms with Gasteiger partial charge in [-0.2, -0.15) is 0 Å². The minimum atomic E-state index is -0.319. The maximum Gasteiger partial charge on any atom is 0.324 e. The van der Waals surface area contributed by atoms with Gasteiger partial charge >= 0.3 is 6.03 Å². The van der Waals surface area contributed by atoms with E-state index in [0.29, 0.717) is 26.1 Å². The Labute approximate surface area is 145 Å². The van der Waals surface area contributed by atoms with Crippen molar-refractivity contribution in [3.63, 3.8) is 0 Å². The molecule has 24 heavy (non-hydrogen) atoms. The van der Waals surface area contributed by atoms with Gasteiger partial charge in [-0.05, 0) is 33.1 Å². The number of nitrogens with one attached hydrogen (secondary N) is 2. The van der Waals surface area contributed by atoms with Gasteiger partial charge in [-0.25, -0.2) is 4.79 Å². The molecule has 0 aromatic heterocycles. The van der Waals surface area contributed by atoms with Crippen LogP contribution in [0.4, 0.5) is 4.79 Å². The van der Waals surface area contributed by atoms with Gasteiger partial charge in [0.15, 0.2) is 0 Å². The van der Waals surface area contributed by atoms with Gasteiger partial charge in [-0.3, -0.25) is 9.69 Å². The topological polar surface area (TPSA) is 64.7 Å². The average molecular weight is 334 g/mol. The number of nitrogens with zero attached hydrogens (tertiary/aromatic N) is 2. The van der Waals surface area contributed by atoms with Crippen molar-refractivity contribution >= 4 is 11.9 Å². The van der Waals surface area contributed by atoms with Gasteiger partial charge in [0, 0.05) is 32.1 Å².